The van der Waals surface area contributed by atoms with E-state index in [1.54, 1.807) is 0 Å². The summed E-state index contributed by atoms with van der Waals surface area (Å²) in [4.78, 5) is 23.5. The summed E-state index contributed by atoms with van der Waals surface area (Å²) >= 11 is 0. The average Bonchev–Trinajstić information content (AvgIpc) is 2.93. The molecule has 3 N–H and O–H groups in total. The summed E-state index contributed by atoms with van der Waals surface area (Å²) < 4.78 is 5.91. The van der Waals surface area contributed by atoms with E-state index in [4.69, 9.17) is 10.5 Å². The highest BCUT2D eigenvalue weighted by Gasteiger charge is 2.25. The summed E-state index contributed by atoms with van der Waals surface area (Å²) in [6.45, 7) is 2.40. The van der Waals surface area contributed by atoms with Crippen molar-refractivity contribution in [1.29, 1.82) is 0 Å². The molecule has 0 saturated carbocycles. The lowest BCUT2D eigenvalue weighted by atomic mass is 9.94. The minimum atomic E-state index is 0.242. The maximum absolute atomic E-state index is 12.8. The van der Waals surface area contributed by atoms with Crippen LogP contribution in [0.5, 0.6) is 11.5 Å². The van der Waals surface area contributed by atoms with E-state index >= 15 is 0 Å². The number of anilines is 2. The van der Waals surface area contributed by atoms with E-state index in [0.717, 1.165) is 85.8 Å². The fourth-order valence-electron chi connectivity index (χ4n) is 4.95. The van der Waals surface area contributed by atoms with Gasteiger partial charge in [-0.1, -0.05) is 36.4 Å². The number of aromatic nitrogens is 2. The van der Waals surface area contributed by atoms with Gasteiger partial charge in [0.1, 0.15) is 29.5 Å². The summed E-state index contributed by atoms with van der Waals surface area (Å²) in [5.74, 6) is 3.42. The van der Waals surface area contributed by atoms with Gasteiger partial charge in [-0.15, -0.1) is 0 Å². The molecule has 2 aliphatic rings. The van der Waals surface area contributed by atoms with E-state index in [1.165, 1.54) is 12.7 Å². The van der Waals surface area contributed by atoms with Crippen molar-refractivity contribution >= 4 is 17.5 Å². The van der Waals surface area contributed by atoms with Gasteiger partial charge in [-0.05, 0) is 74.3 Å². The van der Waals surface area contributed by atoms with Gasteiger partial charge < -0.3 is 20.7 Å². The second kappa shape index (κ2) is 11.2. The van der Waals surface area contributed by atoms with Crippen LogP contribution >= 0.6 is 0 Å². The van der Waals surface area contributed by atoms with Crippen molar-refractivity contribution in [1.82, 2.24) is 14.9 Å². The smallest absolute Gasteiger partial charge is 0.249 e. The Kier molecular flexibility index (Phi) is 7.45. The molecule has 1 fully saturated rings. The number of hydrogen-bond donors (Lipinski definition) is 2. The van der Waals surface area contributed by atoms with Crippen molar-refractivity contribution < 1.29 is 9.53 Å². The van der Waals surface area contributed by atoms with Crippen LogP contribution in [0, 0.1) is 5.92 Å². The third-order valence-electron chi connectivity index (χ3n) is 7.02. The number of nitrogens with zero attached hydrogens (tertiary/aromatic N) is 3. The highest BCUT2D eigenvalue weighted by Crippen LogP contribution is 2.33. The van der Waals surface area contributed by atoms with Gasteiger partial charge in [-0.25, -0.2) is 9.97 Å². The minimum absolute atomic E-state index is 0.242. The Bertz CT molecular complexity index is 1200. The Morgan fingerprint density at radius 2 is 1.75 bits per heavy atom. The highest BCUT2D eigenvalue weighted by molar-refractivity contribution is 5.93. The van der Waals surface area contributed by atoms with Crippen LogP contribution in [0.4, 0.5) is 11.6 Å². The molecule has 3 aromatic rings. The number of nitrogens with two attached hydrogens (primary N) is 1. The van der Waals surface area contributed by atoms with Gasteiger partial charge in [0.25, 0.3) is 0 Å². The standard InChI is InChI=1S/C29H33N5O2/c30-27-26(22-11-13-25(14-12-22)36-24-9-5-2-6-10-24)28(33-20-32-27)31-19-21-15-17-34(18-16-21)29(35)23-7-3-1-4-8-23/h2,5-7,9-14,20-21H,1,3-4,8,15-19H2,(H3,30,31,32,33). The van der Waals surface area contributed by atoms with Gasteiger partial charge in [0.15, 0.2) is 0 Å². The number of para-hydroxylation sites is 1. The number of nitrogens with one attached hydrogen (secondary N) is 1. The number of hydrogen-bond acceptors (Lipinski definition) is 6. The van der Waals surface area contributed by atoms with Crippen molar-refractivity contribution in [2.24, 2.45) is 5.92 Å². The number of nitrogen functional groups attached to an aromatic ring is 1. The second-order valence-corrected chi connectivity index (χ2v) is 9.51. The number of carbonyl (C=O) groups excluding carboxylic acids is 1. The fourth-order valence-corrected chi connectivity index (χ4v) is 4.95. The molecular weight excluding hydrogens is 450 g/mol. The van der Waals surface area contributed by atoms with Crippen LogP contribution in [0.15, 0.2) is 72.6 Å². The summed E-state index contributed by atoms with van der Waals surface area (Å²) in [6.07, 6.45) is 9.89. The molecule has 7 heteroatoms. The van der Waals surface area contributed by atoms with E-state index in [1.807, 2.05) is 59.5 Å². The van der Waals surface area contributed by atoms with Gasteiger partial charge in [0.2, 0.25) is 5.91 Å². The molecule has 1 saturated heterocycles. The van der Waals surface area contributed by atoms with E-state index in [-0.39, 0.29) is 5.91 Å². The van der Waals surface area contributed by atoms with Crippen molar-refractivity contribution in [3.63, 3.8) is 0 Å². The summed E-state index contributed by atoms with van der Waals surface area (Å²) in [5.41, 5.74) is 9.01. The predicted octanol–water partition coefficient (Wildman–Crippen LogP) is 5.67. The molecule has 5 rings (SSSR count). The van der Waals surface area contributed by atoms with Crippen molar-refractivity contribution in [3.8, 4) is 22.6 Å². The first-order valence-electron chi connectivity index (χ1n) is 12.8. The van der Waals surface area contributed by atoms with Gasteiger partial charge in [0, 0.05) is 25.2 Å². The fraction of sp³-hybridized carbons (Fsp3) is 0.345. The molecular formula is C29H33N5O2. The number of piperidine rings is 1. The number of rotatable bonds is 7. The van der Waals surface area contributed by atoms with Crippen molar-refractivity contribution in [2.75, 3.05) is 30.7 Å². The quantitative estimate of drug-likeness (QED) is 0.450. The molecule has 1 amide bonds. The first-order valence-corrected chi connectivity index (χ1v) is 12.8. The van der Waals surface area contributed by atoms with Crippen molar-refractivity contribution in [2.45, 2.75) is 38.5 Å². The Morgan fingerprint density at radius 1 is 1.00 bits per heavy atom. The maximum Gasteiger partial charge on any atom is 0.249 e. The molecule has 0 unspecified atom stereocenters. The van der Waals surface area contributed by atoms with E-state index in [0.29, 0.717) is 11.7 Å². The number of ether oxygens (including phenoxy) is 1. The lowest BCUT2D eigenvalue weighted by molar-refractivity contribution is -0.128. The monoisotopic (exact) mass is 483 g/mol. The molecule has 1 aliphatic carbocycles. The van der Waals surface area contributed by atoms with Crippen LogP contribution in [0.1, 0.15) is 38.5 Å². The van der Waals surface area contributed by atoms with Gasteiger partial charge in [-0.3, -0.25) is 4.79 Å². The van der Waals surface area contributed by atoms with Crippen LogP contribution in [-0.4, -0.2) is 40.4 Å². The largest absolute Gasteiger partial charge is 0.457 e. The Morgan fingerprint density at radius 3 is 2.47 bits per heavy atom. The summed E-state index contributed by atoms with van der Waals surface area (Å²) in [5, 5.41) is 3.51. The maximum atomic E-state index is 12.8. The average molecular weight is 484 g/mol. The Hall–Kier alpha value is -3.87. The normalized spacial score (nSPS) is 16.3. The zero-order valence-corrected chi connectivity index (χ0v) is 20.5. The SMILES string of the molecule is Nc1ncnc(NCC2CCN(C(=O)C3=CCCCC3)CC2)c1-c1ccc(Oc2ccccc2)cc1. The Balaban J connectivity index is 1.20. The van der Waals surface area contributed by atoms with E-state index < -0.39 is 0 Å². The van der Waals surface area contributed by atoms with Crippen LogP contribution in [-0.2, 0) is 4.79 Å². The number of allylic oxidation sites excluding steroid dienone is 1. The zero-order chi connectivity index (χ0) is 24.7. The van der Waals surface area contributed by atoms with E-state index in [9.17, 15) is 4.79 Å². The Labute approximate surface area is 212 Å². The lowest BCUT2D eigenvalue weighted by Crippen LogP contribution is -2.40. The first kappa shape index (κ1) is 23.9. The van der Waals surface area contributed by atoms with Gasteiger partial charge in [-0.2, -0.15) is 0 Å². The molecule has 0 spiro atoms. The molecule has 1 aliphatic heterocycles. The minimum Gasteiger partial charge on any atom is -0.457 e. The molecule has 2 aromatic carbocycles. The van der Waals surface area contributed by atoms with Crippen LogP contribution in [0.2, 0.25) is 0 Å². The third kappa shape index (κ3) is 5.67. The lowest BCUT2D eigenvalue weighted by Gasteiger charge is -2.33. The zero-order valence-electron chi connectivity index (χ0n) is 20.5. The molecule has 7 nitrogen and oxygen atoms in total. The van der Waals surface area contributed by atoms with Crippen LogP contribution in [0.3, 0.4) is 0 Å². The van der Waals surface area contributed by atoms with Crippen molar-refractivity contribution in [3.05, 3.63) is 72.6 Å². The number of carbonyl (C=O) groups is 1. The van der Waals surface area contributed by atoms with Gasteiger partial charge >= 0.3 is 0 Å². The summed E-state index contributed by atoms with van der Waals surface area (Å²) in [7, 11) is 0. The summed E-state index contributed by atoms with van der Waals surface area (Å²) in [6, 6.07) is 17.5. The van der Waals surface area contributed by atoms with Gasteiger partial charge in [0.05, 0.1) is 5.56 Å². The molecule has 0 atom stereocenters. The molecule has 1 aromatic heterocycles. The van der Waals surface area contributed by atoms with Crippen LogP contribution in [0.25, 0.3) is 11.1 Å². The number of likely N-dealkylation sites (tertiary alicyclic amines) is 1. The molecule has 186 valence electrons. The highest BCUT2D eigenvalue weighted by atomic mass is 16.5. The third-order valence-corrected chi connectivity index (χ3v) is 7.02. The topological polar surface area (TPSA) is 93.4 Å². The predicted molar refractivity (Wildman–Crippen MR) is 143 cm³/mol. The van der Waals surface area contributed by atoms with Crippen LogP contribution < -0.4 is 15.8 Å². The number of amides is 1. The molecule has 0 radical (unpaired) electrons. The van der Waals surface area contributed by atoms with E-state index in [2.05, 4.69) is 21.4 Å². The molecule has 2 heterocycles. The molecule has 36 heavy (non-hydrogen) atoms. The molecule has 0 bridgehead atoms. The number of benzene rings is 2. The second-order valence-electron chi connectivity index (χ2n) is 9.51. The first-order chi connectivity index (χ1) is 17.7.